The summed E-state index contributed by atoms with van der Waals surface area (Å²) in [5, 5.41) is 22.0. The minimum absolute atomic E-state index is 0.0662. The summed E-state index contributed by atoms with van der Waals surface area (Å²) >= 11 is 5.90. The minimum atomic E-state index is -0.387. The Morgan fingerprint density at radius 3 is 2.82 bits per heavy atom. The van der Waals surface area contributed by atoms with Crippen LogP contribution in [0, 0.1) is 5.82 Å². The van der Waals surface area contributed by atoms with Gasteiger partial charge in [-0.15, -0.1) is 5.10 Å². The number of nitrogens with zero attached hydrogens (tertiary/aromatic N) is 5. The van der Waals surface area contributed by atoms with E-state index < -0.39 is 0 Å². The number of carbonyl (C=O) groups is 1. The van der Waals surface area contributed by atoms with Crippen LogP contribution in [-0.4, -0.2) is 75.8 Å². The molecule has 0 bridgehead atoms. The lowest BCUT2D eigenvalue weighted by Gasteiger charge is -2.44. The zero-order chi connectivity index (χ0) is 23.1. The standard InChI is InChI=1S/C23H26ClFN6O2/c1-14(18-4-2-15(24)10-19(18)25)31-22-11-16(3-5-20(22)27-28-31)29-8-9-30(17(12-29)13-32)23(33)21-6-7-26-21/h2-5,10-11,14,17,21,26,32H,6-9,12-13H2,1H3/t14-,17?,21-/m1/s1. The summed E-state index contributed by atoms with van der Waals surface area (Å²) in [5.74, 6) is -0.321. The highest BCUT2D eigenvalue weighted by Gasteiger charge is 2.36. The van der Waals surface area contributed by atoms with Crippen molar-refractivity contribution in [3.63, 3.8) is 0 Å². The van der Waals surface area contributed by atoms with Crippen molar-refractivity contribution in [3.05, 3.63) is 52.8 Å². The number of benzene rings is 2. The topological polar surface area (TPSA) is 86.5 Å². The van der Waals surface area contributed by atoms with Gasteiger partial charge in [-0.1, -0.05) is 22.9 Å². The second-order valence-electron chi connectivity index (χ2n) is 8.66. The molecule has 2 N–H and O–H groups in total. The Labute approximate surface area is 195 Å². The molecule has 3 heterocycles. The summed E-state index contributed by atoms with van der Waals surface area (Å²) in [6.45, 7) is 4.37. The predicted octanol–water partition coefficient (Wildman–Crippen LogP) is 2.20. The van der Waals surface area contributed by atoms with Crippen molar-refractivity contribution in [1.82, 2.24) is 25.2 Å². The lowest BCUT2D eigenvalue weighted by Crippen LogP contribution is -2.63. The molecule has 3 aromatic rings. The summed E-state index contributed by atoms with van der Waals surface area (Å²) in [6, 6.07) is 9.70. The zero-order valence-electron chi connectivity index (χ0n) is 18.3. The maximum Gasteiger partial charge on any atom is 0.240 e. The summed E-state index contributed by atoms with van der Waals surface area (Å²) in [7, 11) is 0. The molecule has 33 heavy (non-hydrogen) atoms. The number of hydrogen-bond acceptors (Lipinski definition) is 6. The number of rotatable bonds is 5. The van der Waals surface area contributed by atoms with Crippen LogP contribution in [0.2, 0.25) is 5.02 Å². The van der Waals surface area contributed by atoms with E-state index in [0.29, 0.717) is 35.7 Å². The van der Waals surface area contributed by atoms with Gasteiger partial charge in [0.15, 0.2) is 0 Å². The van der Waals surface area contributed by atoms with E-state index in [9.17, 15) is 14.3 Å². The number of piperazine rings is 1. The first kappa shape index (κ1) is 22.1. The van der Waals surface area contributed by atoms with Gasteiger partial charge in [-0.05, 0) is 50.2 Å². The average molecular weight is 473 g/mol. The Balaban J connectivity index is 1.40. The second kappa shape index (κ2) is 8.89. The Morgan fingerprint density at radius 2 is 2.12 bits per heavy atom. The third-order valence-corrected chi connectivity index (χ3v) is 6.93. The van der Waals surface area contributed by atoms with E-state index in [-0.39, 0.29) is 36.5 Å². The number of amides is 1. The number of carbonyl (C=O) groups excluding carboxylic acids is 1. The van der Waals surface area contributed by atoms with Crippen molar-refractivity contribution in [2.45, 2.75) is 31.5 Å². The number of aromatic nitrogens is 3. The molecule has 1 aromatic heterocycles. The normalized spacial score (nSPS) is 21.8. The Kier molecular flexibility index (Phi) is 5.94. The molecule has 2 aromatic carbocycles. The molecule has 0 radical (unpaired) electrons. The third kappa shape index (κ3) is 4.05. The molecule has 1 amide bonds. The van der Waals surface area contributed by atoms with E-state index in [1.165, 1.54) is 6.07 Å². The molecule has 8 nitrogen and oxygen atoms in total. The molecule has 1 unspecified atom stereocenters. The number of halogens is 2. The highest BCUT2D eigenvalue weighted by molar-refractivity contribution is 6.30. The fourth-order valence-corrected chi connectivity index (χ4v) is 4.77. The number of anilines is 1. The summed E-state index contributed by atoms with van der Waals surface area (Å²) in [6.07, 6.45) is 0.844. The van der Waals surface area contributed by atoms with Crippen LogP contribution < -0.4 is 10.2 Å². The van der Waals surface area contributed by atoms with Crippen LogP contribution in [0.15, 0.2) is 36.4 Å². The van der Waals surface area contributed by atoms with E-state index in [2.05, 4.69) is 20.5 Å². The largest absolute Gasteiger partial charge is 0.394 e. The van der Waals surface area contributed by atoms with Crippen molar-refractivity contribution in [2.24, 2.45) is 0 Å². The van der Waals surface area contributed by atoms with Gasteiger partial charge in [-0.25, -0.2) is 9.07 Å². The first-order valence-electron chi connectivity index (χ1n) is 11.2. The Morgan fingerprint density at radius 1 is 1.30 bits per heavy atom. The SMILES string of the molecule is C[C@H](c1ccc(Cl)cc1F)n1nnc2ccc(N3CCN(C(=O)[C@H]4CCN4)C(CO)C3)cc21. The smallest absolute Gasteiger partial charge is 0.240 e. The van der Waals surface area contributed by atoms with Gasteiger partial charge in [0, 0.05) is 35.9 Å². The zero-order valence-corrected chi connectivity index (χ0v) is 19.0. The molecule has 0 aliphatic carbocycles. The van der Waals surface area contributed by atoms with Gasteiger partial charge < -0.3 is 20.2 Å². The lowest BCUT2D eigenvalue weighted by molar-refractivity contribution is -0.139. The van der Waals surface area contributed by atoms with Crippen molar-refractivity contribution < 1.29 is 14.3 Å². The molecule has 2 aliphatic heterocycles. The highest BCUT2D eigenvalue weighted by Crippen LogP contribution is 2.29. The van der Waals surface area contributed by atoms with Gasteiger partial charge in [-0.2, -0.15) is 0 Å². The fourth-order valence-electron chi connectivity index (χ4n) is 4.62. The molecule has 2 saturated heterocycles. The van der Waals surface area contributed by atoms with E-state index in [1.54, 1.807) is 21.7 Å². The van der Waals surface area contributed by atoms with E-state index >= 15 is 0 Å². The summed E-state index contributed by atoms with van der Waals surface area (Å²) in [5.41, 5.74) is 2.92. The minimum Gasteiger partial charge on any atom is -0.394 e. The van der Waals surface area contributed by atoms with Crippen molar-refractivity contribution in [2.75, 3.05) is 37.7 Å². The van der Waals surface area contributed by atoms with Crippen LogP contribution >= 0.6 is 11.6 Å². The number of hydrogen-bond donors (Lipinski definition) is 2. The third-order valence-electron chi connectivity index (χ3n) is 6.70. The Hall–Kier alpha value is -2.75. The van der Waals surface area contributed by atoms with Crippen LogP contribution in [0.25, 0.3) is 11.0 Å². The first-order valence-corrected chi connectivity index (χ1v) is 11.5. The van der Waals surface area contributed by atoms with E-state index in [0.717, 1.165) is 24.2 Å². The Bertz CT molecular complexity index is 1180. The lowest BCUT2D eigenvalue weighted by atomic mass is 10.0. The molecule has 5 rings (SSSR count). The van der Waals surface area contributed by atoms with Crippen LogP contribution in [0.5, 0.6) is 0 Å². The molecule has 2 aliphatic rings. The van der Waals surface area contributed by atoms with Gasteiger partial charge in [0.25, 0.3) is 0 Å². The maximum atomic E-state index is 14.5. The van der Waals surface area contributed by atoms with Crippen molar-refractivity contribution in [3.8, 4) is 0 Å². The first-order chi connectivity index (χ1) is 16.0. The van der Waals surface area contributed by atoms with Gasteiger partial charge in [0.1, 0.15) is 11.3 Å². The molecule has 10 heteroatoms. The number of fused-ring (bicyclic) bond motifs is 1. The van der Waals surface area contributed by atoms with E-state index in [1.807, 2.05) is 25.1 Å². The van der Waals surface area contributed by atoms with Gasteiger partial charge >= 0.3 is 0 Å². The number of aliphatic hydroxyl groups excluding tert-OH is 1. The van der Waals surface area contributed by atoms with Gasteiger partial charge in [0.2, 0.25) is 5.91 Å². The van der Waals surface area contributed by atoms with Crippen LogP contribution in [0.3, 0.4) is 0 Å². The van der Waals surface area contributed by atoms with Crippen molar-refractivity contribution in [1.29, 1.82) is 0 Å². The molecule has 0 spiro atoms. The van der Waals surface area contributed by atoms with Gasteiger partial charge in [0.05, 0.1) is 30.2 Å². The van der Waals surface area contributed by atoms with Crippen LogP contribution in [-0.2, 0) is 4.79 Å². The monoisotopic (exact) mass is 472 g/mol. The van der Waals surface area contributed by atoms with Crippen molar-refractivity contribution >= 4 is 34.2 Å². The van der Waals surface area contributed by atoms with Crippen LogP contribution in [0.1, 0.15) is 24.9 Å². The molecule has 2 fully saturated rings. The fraction of sp³-hybridized carbons (Fsp3) is 0.435. The highest BCUT2D eigenvalue weighted by atomic mass is 35.5. The molecule has 0 saturated carbocycles. The molecular weight excluding hydrogens is 447 g/mol. The number of aliphatic hydroxyl groups is 1. The average Bonchev–Trinajstić information content (AvgIpc) is 3.20. The molecule has 3 atom stereocenters. The molecule has 174 valence electrons. The summed E-state index contributed by atoms with van der Waals surface area (Å²) < 4.78 is 16.2. The van der Waals surface area contributed by atoms with Gasteiger partial charge in [-0.3, -0.25) is 4.79 Å². The molecular formula is C23H26ClFN6O2. The number of nitrogens with one attached hydrogen (secondary N) is 1. The van der Waals surface area contributed by atoms with E-state index in [4.69, 9.17) is 11.6 Å². The maximum absolute atomic E-state index is 14.5. The quantitative estimate of drug-likeness (QED) is 0.592. The predicted molar refractivity (Wildman–Crippen MR) is 124 cm³/mol. The van der Waals surface area contributed by atoms with Crippen LogP contribution in [0.4, 0.5) is 10.1 Å². The summed E-state index contributed by atoms with van der Waals surface area (Å²) in [4.78, 5) is 16.7. The second-order valence-corrected chi connectivity index (χ2v) is 9.09.